The summed E-state index contributed by atoms with van der Waals surface area (Å²) in [7, 11) is 0. The van der Waals surface area contributed by atoms with Gasteiger partial charge in [0.2, 0.25) is 0 Å². The van der Waals surface area contributed by atoms with Gasteiger partial charge in [-0.05, 0) is 26.0 Å². The zero-order valence-corrected chi connectivity index (χ0v) is 17.0. The molecule has 3 rings (SSSR count). The Morgan fingerprint density at radius 1 is 1.11 bits per heavy atom. The monoisotopic (exact) mass is 386 g/mol. The van der Waals surface area contributed by atoms with E-state index < -0.39 is 6.04 Å². The number of esters is 1. The van der Waals surface area contributed by atoms with Crippen molar-refractivity contribution in [2.75, 3.05) is 45.9 Å². The Labute approximate surface area is 166 Å². The first-order valence-electron chi connectivity index (χ1n) is 10.0. The lowest BCUT2D eigenvalue weighted by Crippen LogP contribution is -2.51. The molecule has 0 spiro atoms. The molecule has 0 aromatic heterocycles. The average Bonchev–Trinajstić information content (AvgIpc) is 2.69. The van der Waals surface area contributed by atoms with Crippen LogP contribution in [-0.4, -0.2) is 67.7 Å². The van der Waals surface area contributed by atoms with E-state index in [1.807, 2.05) is 31.2 Å². The number of amides is 2. The molecule has 152 valence electrons. The van der Waals surface area contributed by atoms with Gasteiger partial charge >= 0.3 is 12.0 Å². The average molecular weight is 386 g/mol. The number of hydrogen-bond acceptors (Lipinski definition) is 5. The van der Waals surface area contributed by atoms with Gasteiger partial charge in [0, 0.05) is 38.4 Å². The lowest BCUT2D eigenvalue weighted by molar-refractivity contribution is -0.139. The Bertz CT molecular complexity index is 737. The summed E-state index contributed by atoms with van der Waals surface area (Å²) in [5, 5.41) is 5.75. The van der Waals surface area contributed by atoms with Crippen LogP contribution in [0.15, 0.2) is 35.5 Å². The maximum Gasteiger partial charge on any atom is 0.338 e. The van der Waals surface area contributed by atoms with Gasteiger partial charge < -0.3 is 20.3 Å². The zero-order valence-electron chi connectivity index (χ0n) is 17.0. The number of urea groups is 1. The fraction of sp³-hybridized carbons (Fsp3) is 0.524. The lowest BCUT2D eigenvalue weighted by Gasteiger charge is -2.36. The van der Waals surface area contributed by atoms with Crippen molar-refractivity contribution in [3.8, 4) is 0 Å². The highest BCUT2D eigenvalue weighted by Gasteiger charge is 2.34. The highest BCUT2D eigenvalue weighted by molar-refractivity contribution is 5.95. The number of piperazine rings is 1. The molecule has 1 aromatic carbocycles. The first kappa shape index (κ1) is 20.4. The molecule has 0 bridgehead atoms. The van der Waals surface area contributed by atoms with Crippen LogP contribution in [0.5, 0.6) is 0 Å². The molecule has 1 fully saturated rings. The molecule has 1 aromatic rings. The fourth-order valence-electron chi connectivity index (χ4n) is 3.69. The van der Waals surface area contributed by atoms with Gasteiger partial charge in [-0.2, -0.15) is 0 Å². The summed E-state index contributed by atoms with van der Waals surface area (Å²) >= 11 is 0. The molecule has 7 nitrogen and oxygen atoms in total. The Morgan fingerprint density at radius 3 is 2.36 bits per heavy atom. The zero-order chi connectivity index (χ0) is 20.1. The van der Waals surface area contributed by atoms with E-state index >= 15 is 0 Å². The third kappa shape index (κ3) is 4.72. The Morgan fingerprint density at radius 2 is 1.75 bits per heavy atom. The molecule has 2 aliphatic rings. The van der Waals surface area contributed by atoms with Crippen molar-refractivity contribution >= 4 is 12.0 Å². The maximum absolute atomic E-state index is 12.8. The van der Waals surface area contributed by atoms with Crippen molar-refractivity contribution in [2.45, 2.75) is 26.8 Å². The molecule has 2 amide bonds. The topological polar surface area (TPSA) is 73.9 Å². The number of likely N-dealkylation sites (N-methyl/N-ethyl adjacent to an activating group) is 1. The number of carbonyl (C=O) groups is 2. The summed E-state index contributed by atoms with van der Waals surface area (Å²) in [6, 6.07) is 7.05. The van der Waals surface area contributed by atoms with E-state index in [1.54, 1.807) is 6.92 Å². The number of ether oxygens (including phenoxy) is 1. The first-order valence-corrected chi connectivity index (χ1v) is 10.0. The number of nitrogens with zero attached hydrogens (tertiary/aromatic N) is 2. The molecule has 2 N–H and O–H groups in total. The summed E-state index contributed by atoms with van der Waals surface area (Å²) < 4.78 is 5.33. The first-order chi connectivity index (χ1) is 13.5. The van der Waals surface area contributed by atoms with Crippen LogP contribution in [0.25, 0.3) is 0 Å². The summed E-state index contributed by atoms with van der Waals surface area (Å²) in [6.07, 6.45) is 0. The Balaban J connectivity index is 1.90. The number of benzene rings is 1. The van der Waals surface area contributed by atoms with E-state index in [2.05, 4.69) is 27.4 Å². The highest BCUT2D eigenvalue weighted by atomic mass is 16.5. The van der Waals surface area contributed by atoms with Crippen molar-refractivity contribution in [1.29, 1.82) is 0 Å². The van der Waals surface area contributed by atoms with Crippen LogP contribution < -0.4 is 10.6 Å². The number of nitrogens with one attached hydrogen (secondary N) is 2. The van der Waals surface area contributed by atoms with Crippen molar-refractivity contribution in [2.24, 2.45) is 0 Å². The maximum atomic E-state index is 12.8. The molecule has 1 saturated heterocycles. The number of rotatable bonds is 6. The predicted molar refractivity (Wildman–Crippen MR) is 108 cm³/mol. The second-order valence-electron chi connectivity index (χ2n) is 7.27. The molecular weight excluding hydrogens is 356 g/mol. The molecule has 1 atom stereocenters. The van der Waals surface area contributed by atoms with E-state index in [4.69, 9.17) is 4.74 Å². The van der Waals surface area contributed by atoms with Gasteiger partial charge in [-0.25, -0.2) is 9.59 Å². The van der Waals surface area contributed by atoms with Crippen LogP contribution in [0.2, 0.25) is 0 Å². The summed E-state index contributed by atoms with van der Waals surface area (Å²) in [5.41, 5.74) is 3.12. The smallest absolute Gasteiger partial charge is 0.338 e. The van der Waals surface area contributed by atoms with E-state index in [0.717, 1.165) is 43.9 Å². The summed E-state index contributed by atoms with van der Waals surface area (Å²) in [5.74, 6) is -0.386. The van der Waals surface area contributed by atoms with Crippen molar-refractivity contribution < 1.29 is 14.3 Å². The standard InChI is InChI=1S/C21H30N4O3/c1-4-24-10-12-25(13-11-24)14-17-18(20(26)28-5-2)19(23-21(27)22-17)16-8-6-15(3)7-9-16/h6-9,19H,4-5,10-14H2,1-3H3,(H2,22,23,27)/t19-/m0/s1. The van der Waals surface area contributed by atoms with Crippen molar-refractivity contribution in [3.63, 3.8) is 0 Å². The Kier molecular flexibility index (Phi) is 6.70. The van der Waals surface area contributed by atoms with E-state index in [9.17, 15) is 9.59 Å². The molecule has 7 heteroatoms. The van der Waals surface area contributed by atoms with Crippen LogP contribution in [0.4, 0.5) is 4.79 Å². The van der Waals surface area contributed by atoms with Crippen LogP contribution in [0, 0.1) is 6.92 Å². The summed E-state index contributed by atoms with van der Waals surface area (Å²) in [6.45, 7) is 11.6. The number of aryl methyl sites for hydroxylation is 1. The van der Waals surface area contributed by atoms with Gasteiger partial charge in [0.05, 0.1) is 18.2 Å². The molecule has 0 unspecified atom stereocenters. The van der Waals surface area contributed by atoms with Crippen molar-refractivity contribution in [1.82, 2.24) is 20.4 Å². The molecule has 0 radical (unpaired) electrons. The SMILES string of the molecule is CCOC(=O)C1=C(CN2CCN(CC)CC2)NC(=O)N[C@H]1c1ccc(C)cc1. The second-order valence-corrected chi connectivity index (χ2v) is 7.27. The van der Waals surface area contributed by atoms with Gasteiger partial charge in [-0.3, -0.25) is 4.90 Å². The number of carbonyl (C=O) groups excluding carboxylic acids is 2. The van der Waals surface area contributed by atoms with Gasteiger partial charge in [0.25, 0.3) is 0 Å². The predicted octanol–water partition coefficient (Wildman–Crippen LogP) is 1.80. The molecular formula is C21H30N4O3. The number of hydrogen-bond donors (Lipinski definition) is 2. The highest BCUT2D eigenvalue weighted by Crippen LogP contribution is 2.28. The van der Waals surface area contributed by atoms with E-state index in [0.29, 0.717) is 24.4 Å². The summed E-state index contributed by atoms with van der Waals surface area (Å²) in [4.78, 5) is 29.8. The molecule has 2 aliphatic heterocycles. The van der Waals surface area contributed by atoms with Gasteiger partial charge in [-0.15, -0.1) is 0 Å². The van der Waals surface area contributed by atoms with Crippen LogP contribution in [-0.2, 0) is 9.53 Å². The van der Waals surface area contributed by atoms with Crippen LogP contribution in [0.3, 0.4) is 0 Å². The quantitative estimate of drug-likeness (QED) is 0.730. The largest absolute Gasteiger partial charge is 0.463 e. The molecule has 2 heterocycles. The third-order valence-corrected chi connectivity index (χ3v) is 5.35. The van der Waals surface area contributed by atoms with Crippen LogP contribution >= 0.6 is 0 Å². The van der Waals surface area contributed by atoms with Gasteiger partial charge in [-0.1, -0.05) is 36.8 Å². The van der Waals surface area contributed by atoms with Crippen LogP contribution in [0.1, 0.15) is 31.0 Å². The minimum atomic E-state index is -0.514. The fourth-order valence-corrected chi connectivity index (χ4v) is 3.69. The van der Waals surface area contributed by atoms with Gasteiger partial charge in [0.1, 0.15) is 0 Å². The molecule has 0 aliphatic carbocycles. The molecule has 0 saturated carbocycles. The minimum Gasteiger partial charge on any atom is -0.463 e. The lowest BCUT2D eigenvalue weighted by atomic mass is 9.94. The second kappa shape index (κ2) is 9.21. The van der Waals surface area contributed by atoms with Crippen molar-refractivity contribution in [3.05, 3.63) is 46.7 Å². The van der Waals surface area contributed by atoms with E-state index in [1.165, 1.54) is 0 Å². The molecule has 28 heavy (non-hydrogen) atoms. The van der Waals surface area contributed by atoms with Gasteiger partial charge in [0.15, 0.2) is 0 Å². The normalized spacial score (nSPS) is 21.2. The minimum absolute atomic E-state index is 0.291. The third-order valence-electron chi connectivity index (χ3n) is 5.35. The van der Waals surface area contributed by atoms with E-state index in [-0.39, 0.29) is 12.0 Å². The Hall–Kier alpha value is -2.38.